The highest BCUT2D eigenvalue weighted by Crippen LogP contribution is 2.10. The molecule has 0 atom stereocenters. The Hall–Kier alpha value is -2.85. The number of carbonyl (C=O) groups is 1. The minimum atomic E-state index is 0.0309. The van der Waals surface area contributed by atoms with Crippen LogP contribution in [0.15, 0.2) is 83.5 Å². The lowest BCUT2D eigenvalue weighted by Gasteiger charge is -2.21. The fourth-order valence-corrected chi connectivity index (χ4v) is 2.88. The molecule has 4 heteroatoms. The molecule has 26 heavy (non-hydrogen) atoms. The molecule has 0 saturated carbocycles. The van der Waals surface area contributed by atoms with E-state index in [1.54, 1.807) is 6.26 Å². The van der Waals surface area contributed by atoms with Crippen LogP contribution in [0.25, 0.3) is 0 Å². The fourth-order valence-electron chi connectivity index (χ4n) is 2.88. The molecule has 3 rings (SSSR count). The fraction of sp³-hybridized carbons (Fsp3) is 0.227. The van der Waals surface area contributed by atoms with E-state index in [9.17, 15) is 4.79 Å². The summed E-state index contributed by atoms with van der Waals surface area (Å²) in [5.41, 5.74) is 2.40. The molecule has 0 fully saturated rings. The van der Waals surface area contributed by atoms with Crippen molar-refractivity contribution >= 4 is 5.91 Å². The third kappa shape index (κ3) is 5.90. The summed E-state index contributed by atoms with van der Waals surface area (Å²) in [6.45, 7) is 2.29. The van der Waals surface area contributed by atoms with Gasteiger partial charge in [0.15, 0.2) is 0 Å². The second-order valence-corrected chi connectivity index (χ2v) is 6.30. The summed E-state index contributed by atoms with van der Waals surface area (Å²) in [6, 6.07) is 24.2. The number of hydrogen-bond donors (Lipinski definition) is 1. The van der Waals surface area contributed by atoms with Gasteiger partial charge in [-0.05, 0) is 29.7 Å². The average Bonchev–Trinajstić information content (AvgIpc) is 3.16. The van der Waals surface area contributed by atoms with Gasteiger partial charge in [-0.2, -0.15) is 0 Å². The highest BCUT2D eigenvalue weighted by Gasteiger charge is 2.13. The van der Waals surface area contributed by atoms with Crippen LogP contribution in [-0.2, 0) is 24.3 Å². The number of benzene rings is 2. The minimum absolute atomic E-state index is 0.0309. The molecule has 1 aromatic heterocycles. The Morgan fingerprint density at radius 1 is 0.846 bits per heavy atom. The molecule has 134 valence electrons. The number of furan rings is 1. The predicted molar refractivity (Wildman–Crippen MR) is 102 cm³/mol. The van der Waals surface area contributed by atoms with E-state index in [2.05, 4.69) is 34.5 Å². The van der Waals surface area contributed by atoms with E-state index in [1.807, 2.05) is 48.5 Å². The zero-order valence-electron chi connectivity index (χ0n) is 14.8. The van der Waals surface area contributed by atoms with Crippen molar-refractivity contribution in [1.29, 1.82) is 0 Å². The summed E-state index contributed by atoms with van der Waals surface area (Å²) >= 11 is 0. The highest BCUT2D eigenvalue weighted by molar-refractivity contribution is 5.78. The maximum absolute atomic E-state index is 12.4. The van der Waals surface area contributed by atoms with Crippen LogP contribution in [0.4, 0.5) is 0 Å². The van der Waals surface area contributed by atoms with E-state index in [1.165, 1.54) is 11.1 Å². The molecule has 1 amide bonds. The van der Waals surface area contributed by atoms with Gasteiger partial charge in [-0.1, -0.05) is 60.7 Å². The van der Waals surface area contributed by atoms with Crippen molar-refractivity contribution in [2.75, 3.05) is 13.1 Å². The second kappa shape index (κ2) is 9.59. The van der Waals surface area contributed by atoms with Crippen molar-refractivity contribution in [3.63, 3.8) is 0 Å². The maximum Gasteiger partial charge on any atom is 0.234 e. The number of nitrogens with one attached hydrogen (secondary N) is 1. The van der Waals surface area contributed by atoms with Crippen molar-refractivity contribution in [3.05, 3.63) is 95.9 Å². The summed E-state index contributed by atoms with van der Waals surface area (Å²) in [5.74, 6) is 0.890. The van der Waals surface area contributed by atoms with Crippen LogP contribution >= 0.6 is 0 Å². The summed E-state index contributed by atoms with van der Waals surface area (Å²) in [5, 5.41) is 3.02. The number of nitrogens with zero attached hydrogens (tertiary/aromatic N) is 1. The van der Waals surface area contributed by atoms with E-state index in [0.29, 0.717) is 26.2 Å². The first-order chi connectivity index (χ1) is 12.8. The van der Waals surface area contributed by atoms with Crippen molar-refractivity contribution in [2.24, 2.45) is 0 Å². The zero-order valence-corrected chi connectivity index (χ0v) is 14.8. The predicted octanol–water partition coefficient (Wildman–Crippen LogP) is 3.64. The van der Waals surface area contributed by atoms with Gasteiger partial charge in [0.05, 0.1) is 19.4 Å². The molecule has 0 aliphatic carbocycles. The molecule has 0 bridgehead atoms. The third-order valence-corrected chi connectivity index (χ3v) is 4.15. The molecule has 0 unspecified atom stereocenters. The Morgan fingerprint density at radius 2 is 1.54 bits per heavy atom. The lowest BCUT2D eigenvalue weighted by Crippen LogP contribution is -2.37. The van der Waals surface area contributed by atoms with E-state index in [4.69, 9.17) is 4.42 Å². The Balaban J connectivity index is 1.53. The van der Waals surface area contributed by atoms with Gasteiger partial charge in [-0.25, -0.2) is 0 Å². The van der Waals surface area contributed by atoms with Crippen LogP contribution < -0.4 is 5.32 Å². The molecule has 0 aliphatic heterocycles. The highest BCUT2D eigenvalue weighted by atomic mass is 16.3. The first-order valence-electron chi connectivity index (χ1n) is 8.89. The molecule has 2 aromatic carbocycles. The lowest BCUT2D eigenvalue weighted by atomic mass is 10.1. The largest absolute Gasteiger partial charge is 0.468 e. The third-order valence-electron chi connectivity index (χ3n) is 4.15. The van der Waals surface area contributed by atoms with Gasteiger partial charge in [0.1, 0.15) is 5.76 Å². The van der Waals surface area contributed by atoms with Crippen molar-refractivity contribution in [2.45, 2.75) is 19.5 Å². The average molecular weight is 348 g/mol. The van der Waals surface area contributed by atoms with Gasteiger partial charge in [0, 0.05) is 13.1 Å². The molecule has 1 N–H and O–H groups in total. The van der Waals surface area contributed by atoms with Gasteiger partial charge >= 0.3 is 0 Å². The first-order valence-corrected chi connectivity index (χ1v) is 8.89. The standard InChI is InChI=1S/C22H24N2O2/c25-22(23-14-13-19-8-3-1-4-9-19)18-24(17-21-12-7-15-26-21)16-20-10-5-2-6-11-20/h1-12,15H,13-14,16-18H2,(H,23,25). The Labute approximate surface area is 154 Å². The Kier molecular flexibility index (Phi) is 6.62. The quantitative estimate of drug-likeness (QED) is 0.642. The zero-order chi connectivity index (χ0) is 18.0. The van der Waals surface area contributed by atoms with Crippen molar-refractivity contribution in [3.8, 4) is 0 Å². The maximum atomic E-state index is 12.4. The van der Waals surface area contributed by atoms with Crippen LogP contribution in [0.2, 0.25) is 0 Å². The van der Waals surface area contributed by atoms with Crippen LogP contribution in [-0.4, -0.2) is 23.9 Å². The van der Waals surface area contributed by atoms with Crippen LogP contribution in [0, 0.1) is 0 Å². The van der Waals surface area contributed by atoms with Crippen LogP contribution in [0.3, 0.4) is 0 Å². The molecule has 0 radical (unpaired) electrons. The topological polar surface area (TPSA) is 45.5 Å². The molecule has 0 saturated heterocycles. The molecule has 4 nitrogen and oxygen atoms in total. The molecule has 3 aromatic rings. The number of rotatable bonds is 9. The molecule has 0 aliphatic rings. The summed E-state index contributed by atoms with van der Waals surface area (Å²) in [7, 11) is 0. The summed E-state index contributed by atoms with van der Waals surface area (Å²) in [6.07, 6.45) is 2.50. The summed E-state index contributed by atoms with van der Waals surface area (Å²) in [4.78, 5) is 14.5. The first kappa shape index (κ1) is 18.0. The lowest BCUT2D eigenvalue weighted by molar-refractivity contribution is -0.122. The molecular weight excluding hydrogens is 324 g/mol. The number of carbonyl (C=O) groups excluding carboxylic acids is 1. The van der Waals surface area contributed by atoms with Crippen molar-refractivity contribution in [1.82, 2.24) is 10.2 Å². The smallest absolute Gasteiger partial charge is 0.234 e. The van der Waals surface area contributed by atoms with Gasteiger partial charge < -0.3 is 9.73 Å². The van der Waals surface area contributed by atoms with E-state index in [0.717, 1.165) is 12.2 Å². The molecular formula is C22H24N2O2. The van der Waals surface area contributed by atoms with Crippen LogP contribution in [0.5, 0.6) is 0 Å². The van der Waals surface area contributed by atoms with E-state index >= 15 is 0 Å². The van der Waals surface area contributed by atoms with Crippen LogP contribution in [0.1, 0.15) is 16.9 Å². The Morgan fingerprint density at radius 3 is 2.19 bits per heavy atom. The van der Waals surface area contributed by atoms with E-state index in [-0.39, 0.29) is 5.91 Å². The van der Waals surface area contributed by atoms with E-state index < -0.39 is 0 Å². The van der Waals surface area contributed by atoms with Gasteiger partial charge in [0.2, 0.25) is 5.91 Å². The Bertz CT molecular complexity index is 770. The second-order valence-electron chi connectivity index (χ2n) is 6.30. The summed E-state index contributed by atoms with van der Waals surface area (Å²) < 4.78 is 5.45. The van der Waals surface area contributed by atoms with Gasteiger partial charge in [-0.15, -0.1) is 0 Å². The van der Waals surface area contributed by atoms with Gasteiger partial charge in [0.25, 0.3) is 0 Å². The number of hydrogen-bond acceptors (Lipinski definition) is 3. The normalized spacial score (nSPS) is 10.8. The van der Waals surface area contributed by atoms with Gasteiger partial charge in [-0.3, -0.25) is 9.69 Å². The SMILES string of the molecule is O=C(CN(Cc1ccccc1)Cc1ccco1)NCCc1ccccc1. The minimum Gasteiger partial charge on any atom is -0.468 e. The molecule has 0 spiro atoms. The number of amides is 1. The monoisotopic (exact) mass is 348 g/mol. The molecule has 1 heterocycles. The van der Waals surface area contributed by atoms with Crippen molar-refractivity contribution < 1.29 is 9.21 Å².